The van der Waals surface area contributed by atoms with E-state index in [4.69, 9.17) is 23.2 Å². The fourth-order valence-electron chi connectivity index (χ4n) is 4.31. The molecule has 2 aliphatic rings. The van der Waals surface area contributed by atoms with Gasteiger partial charge in [0.2, 0.25) is 0 Å². The molecule has 2 heterocycles. The molecule has 2 fully saturated rings. The molecule has 2 aliphatic heterocycles. The summed E-state index contributed by atoms with van der Waals surface area (Å²) in [6.45, 7) is 5.53. The van der Waals surface area contributed by atoms with E-state index in [1.165, 1.54) is 25.7 Å². The summed E-state index contributed by atoms with van der Waals surface area (Å²) in [5.74, 6) is 0.0536. The number of benzene rings is 2. The zero-order valence-corrected chi connectivity index (χ0v) is 20.9. The lowest BCUT2D eigenvalue weighted by atomic mass is 10.1. The molecule has 0 radical (unpaired) electrons. The Morgan fingerprint density at radius 2 is 1.38 bits per heavy atom. The molecule has 0 saturated carbocycles. The molecule has 0 aromatic heterocycles. The summed E-state index contributed by atoms with van der Waals surface area (Å²) in [5.41, 5.74) is 2.75. The Balaban J connectivity index is 0.00000181. The van der Waals surface area contributed by atoms with Crippen LogP contribution >= 0.6 is 48.0 Å². The van der Waals surface area contributed by atoms with Crippen molar-refractivity contribution in [3.05, 3.63) is 57.1 Å². The number of anilines is 1. The van der Waals surface area contributed by atoms with Crippen LogP contribution in [0.1, 0.15) is 47.2 Å². The average molecular weight is 521 g/mol. The molecule has 0 aliphatic carbocycles. The highest BCUT2D eigenvalue weighted by molar-refractivity contribution is 6.37. The van der Waals surface area contributed by atoms with Crippen molar-refractivity contribution < 1.29 is 9.90 Å². The first-order chi connectivity index (χ1) is 14.5. The van der Waals surface area contributed by atoms with Crippen molar-refractivity contribution in [2.45, 2.75) is 38.8 Å². The lowest BCUT2D eigenvalue weighted by Gasteiger charge is -2.21. The van der Waals surface area contributed by atoms with Gasteiger partial charge in [-0.05, 0) is 82.2 Å². The number of aromatic hydroxyl groups is 1. The van der Waals surface area contributed by atoms with Gasteiger partial charge in [-0.25, -0.2) is 0 Å². The van der Waals surface area contributed by atoms with Gasteiger partial charge in [-0.2, -0.15) is 0 Å². The minimum absolute atomic E-state index is 0. The van der Waals surface area contributed by atoms with Crippen LogP contribution in [0.15, 0.2) is 30.3 Å². The SMILES string of the molecule is Cl.Cl.O=C(Nc1cc(CN2CCCC2)c(O)c(CN2CCCC2)c1)c1ccc(Cl)cc1Cl. The molecule has 176 valence electrons. The highest BCUT2D eigenvalue weighted by Gasteiger charge is 2.20. The summed E-state index contributed by atoms with van der Waals surface area (Å²) < 4.78 is 0. The van der Waals surface area contributed by atoms with E-state index in [0.717, 1.165) is 37.3 Å². The monoisotopic (exact) mass is 519 g/mol. The van der Waals surface area contributed by atoms with Gasteiger partial charge >= 0.3 is 0 Å². The Kier molecular flexibility index (Phi) is 10.4. The van der Waals surface area contributed by atoms with Crippen molar-refractivity contribution in [3.63, 3.8) is 0 Å². The molecule has 0 bridgehead atoms. The standard InChI is InChI=1S/C23H27Cl2N3O2.2ClH/c24-18-5-6-20(21(25)13-18)23(30)26-19-11-16(14-27-7-1-2-8-27)22(29)17(12-19)15-28-9-3-4-10-28;;/h5-6,11-13,29H,1-4,7-10,14-15H2,(H,26,30);2*1H. The minimum Gasteiger partial charge on any atom is -0.507 e. The van der Waals surface area contributed by atoms with Gasteiger partial charge < -0.3 is 10.4 Å². The summed E-state index contributed by atoms with van der Waals surface area (Å²) in [6.07, 6.45) is 4.75. The van der Waals surface area contributed by atoms with Gasteiger partial charge in [-0.3, -0.25) is 14.6 Å². The van der Waals surface area contributed by atoms with Crippen LogP contribution in [0.2, 0.25) is 10.0 Å². The van der Waals surface area contributed by atoms with Crippen molar-refractivity contribution in [1.82, 2.24) is 9.80 Å². The largest absolute Gasteiger partial charge is 0.507 e. The maximum absolute atomic E-state index is 12.8. The van der Waals surface area contributed by atoms with Gasteiger partial charge in [-0.1, -0.05) is 23.2 Å². The second-order valence-corrected chi connectivity index (χ2v) is 9.03. The predicted molar refractivity (Wildman–Crippen MR) is 136 cm³/mol. The molecule has 0 atom stereocenters. The molecule has 2 saturated heterocycles. The van der Waals surface area contributed by atoms with E-state index in [2.05, 4.69) is 15.1 Å². The second-order valence-electron chi connectivity index (χ2n) is 8.19. The molecule has 1 amide bonds. The molecule has 2 N–H and O–H groups in total. The molecule has 5 nitrogen and oxygen atoms in total. The number of carbonyl (C=O) groups excluding carboxylic acids is 1. The first-order valence-corrected chi connectivity index (χ1v) is 11.3. The van der Waals surface area contributed by atoms with E-state index < -0.39 is 0 Å². The van der Waals surface area contributed by atoms with E-state index in [0.29, 0.717) is 40.1 Å². The Morgan fingerprint density at radius 1 is 0.875 bits per heavy atom. The molecule has 4 rings (SSSR count). The van der Waals surface area contributed by atoms with Crippen molar-refractivity contribution in [2.75, 3.05) is 31.5 Å². The molecule has 0 spiro atoms. The number of carbonyl (C=O) groups is 1. The number of phenols is 1. The smallest absolute Gasteiger partial charge is 0.257 e. The van der Waals surface area contributed by atoms with E-state index in [9.17, 15) is 9.90 Å². The van der Waals surface area contributed by atoms with Gasteiger partial charge in [0.05, 0.1) is 10.6 Å². The van der Waals surface area contributed by atoms with Crippen LogP contribution in [-0.2, 0) is 13.1 Å². The zero-order chi connectivity index (χ0) is 21.1. The van der Waals surface area contributed by atoms with Crippen molar-refractivity contribution >= 4 is 59.6 Å². The van der Waals surface area contributed by atoms with E-state index >= 15 is 0 Å². The summed E-state index contributed by atoms with van der Waals surface area (Å²) in [4.78, 5) is 17.5. The highest BCUT2D eigenvalue weighted by atomic mass is 35.5. The molecule has 32 heavy (non-hydrogen) atoms. The Morgan fingerprint density at radius 3 is 1.84 bits per heavy atom. The molecule has 2 aromatic carbocycles. The van der Waals surface area contributed by atoms with E-state index in [-0.39, 0.29) is 30.7 Å². The summed E-state index contributed by atoms with van der Waals surface area (Å²) >= 11 is 12.2. The van der Waals surface area contributed by atoms with Gasteiger partial charge in [0.15, 0.2) is 0 Å². The van der Waals surface area contributed by atoms with Crippen LogP contribution in [0.25, 0.3) is 0 Å². The van der Waals surface area contributed by atoms with Crippen molar-refractivity contribution in [3.8, 4) is 5.75 Å². The van der Waals surface area contributed by atoms with Crippen molar-refractivity contribution in [1.29, 1.82) is 0 Å². The Bertz CT molecular complexity index is 890. The topological polar surface area (TPSA) is 55.8 Å². The maximum atomic E-state index is 12.8. The summed E-state index contributed by atoms with van der Waals surface area (Å²) in [7, 11) is 0. The quantitative estimate of drug-likeness (QED) is 0.459. The third kappa shape index (κ3) is 6.66. The number of amides is 1. The Labute approximate surface area is 211 Å². The van der Waals surface area contributed by atoms with Gasteiger partial charge in [0.25, 0.3) is 5.91 Å². The average Bonchev–Trinajstić information content (AvgIpc) is 3.39. The van der Waals surface area contributed by atoms with Gasteiger partial charge in [0.1, 0.15) is 5.75 Å². The summed E-state index contributed by atoms with van der Waals surface area (Å²) in [6, 6.07) is 8.59. The van der Waals surface area contributed by atoms with E-state index in [1.54, 1.807) is 18.2 Å². The number of hydrogen-bond acceptors (Lipinski definition) is 4. The number of nitrogens with zero attached hydrogens (tertiary/aromatic N) is 2. The van der Waals surface area contributed by atoms with Gasteiger partial charge in [-0.15, -0.1) is 24.8 Å². The lowest BCUT2D eigenvalue weighted by Crippen LogP contribution is -2.21. The van der Waals surface area contributed by atoms with Crippen LogP contribution < -0.4 is 5.32 Å². The number of likely N-dealkylation sites (tertiary alicyclic amines) is 2. The maximum Gasteiger partial charge on any atom is 0.257 e. The first-order valence-electron chi connectivity index (χ1n) is 10.6. The predicted octanol–water partition coefficient (Wildman–Crippen LogP) is 5.99. The molecular weight excluding hydrogens is 492 g/mol. The highest BCUT2D eigenvalue weighted by Crippen LogP contribution is 2.32. The van der Waals surface area contributed by atoms with Crippen LogP contribution in [0, 0.1) is 0 Å². The number of halogens is 4. The third-order valence-electron chi connectivity index (χ3n) is 5.89. The van der Waals surface area contributed by atoms with Crippen LogP contribution in [0.4, 0.5) is 5.69 Å². The molecule has 2 aromatic rings. The molecule has 0 unspecified atom stereocenters. The zero-order valence-electron chi connectivity index (χ0n) is 17.8. The minimum atomic E-state index is -0.290. The fraction of sp³-hybridized carbons (Fsp3) is 0.435. The third-order valence-corrected chi connectivity index (χ3v) is 6.43. The van der Waals surface area contributed by atoms with E-state index in [1.807, 2.05) is 12.1 Å². The molecule has 9 heteroatoms. The lowest BCUT2D eigenvalue weighted by molar-refractivity contribution is 0.102. The van der Waals surface area contributed by atoms with Crippen LogP contribution in [-0.4, -0.2) is 47.0 Å². The van der Waals surface area contributed by atoms with Gasteiger partial charge in [0, 0.05) is 34.9 Å². The number of hydrogen-bond donors (Lipinski definition) is 2. The normalized spacial score (nSPS) is 16.4. The van der Waals surface area contributed by atoms with Crippen LogP contribution in [0.3, 0.4) is 0 Å². The molecular formula is C23H29Cl4N3O2. The van der Waals surface area contributed by atoms with Crippen LogP contribution in [0.5, 0.6) is 5.75 Å². The number of rotatable bonds is 6. The fourth-order valence-corrected chi connectivity index (χ4v) is 4.80. The number of nitrogens with one attached hydrogen (secondary N) is 1. The number of phenolic OH excluding ortho intramolecular Hbond substituents is 1. The second kappa shape index (κ2) is 12.3. The first kappa shape index (κ1) is 27.0. The Hall–Kier alpha value is -1.21. The summed E-state index contributed by atoms with van der Waals surface area (Å²) in [5, 5.41) is 14.7. The van der Waals surface area contributed by atoms with Crippen molar-refractivity contribution in [2.24, 2.45) is 0 Å².